The van der Waals surface area contributed by atoms with E-state index in [1.165, 1.54) is 36.9 Å². The minimum atomic E-state index is -0.750. The van der Waals surface area contributed by atoms with Gasteiger partial charge in [0.2, 0.25) is 0 Å². The number of thiophene rings is 1. The molecule has 124 valence electrons. The molecule has 3 heteroatoms. The molecule has 0 radical (unpaired) electrons. The fourth-order valence-corrected chi connectivity index (χ4v) is 6.59. The minimum absolute atomic E-state index is 0.750. The molecule has 0 aliphatic carbocycles. The Balaban J connectivity index is 1.98. The van der Waals surface area contributed by atoms with Crippen molar-refractivity contribution >= 4 is 43.8 Å². The maximum atomic E-state index is 9.61. The molecule has 0 saturated carbocycles. The van der Waals surface area contributed by atoms with Crippen LogP contribution in [0.2, 0.25) is 0 Å². The van der Waals surface area contributed by atoms with E-state index in [1.54, 1.807) is 11.3 Å². The highest BCUT2D eigenvalue weighted by Gasteiger charge is 2.21. The Morgan fingerprint density at radius 2 is 1.46 bits per heavy atom. The fourth-order valence-electron chi connectivity index (χ4n) is 3.72. The Labute approximate surface area is 158 Å². The first-order valence-corrected chi connectivity index (χ1v) is 10.7. The van der Waals surface area contributed by atoms with Gasteiger partial charge in [0.15, 0.2) is 0 Å². The van der Waals surface area contributed by atoms with Gasteiger partial charge < -0.3 is 0 Å². The summed E-state index contributed by atoms with van der Waals surface area (Å²) in [4.78, 5) is 3.46. The van der Waals surface area contributed by atoms with Crippen molar-refractivity contribution in [3.8, 4) is 16.5 Å². The summed E-state index contributed by atoms with van der Waals surface area (Å²) in [7, 11) is -0.750. The van der Waals surface area contributed by atoms with Crippen molar-refractivity contribution < 1.29 is 0 Å². The molecule has 1 atom stereocenters. The van der Waals surface area contributed by atoms with Crippen molar-refractivity contribution in [3.63, 3.8) is 0 Å². The van der Waals surface area contributed by atoms with Crippen molar-refractivity contribution in [2.75, 3.05) is 0 Å². The smallest absolute Gasteiger partial charge is 0.105 e. The molecule has 0 saturated heterocycles. The van der Waals surface area contributed by atoms with Crippen LogP contribution in [0.3, 0.4) is 0 Å². The van der Waals surface area contributed by atoms with Gasteiger partial charge in [-0.1, -0.05) is 60.7 Å². The van der Waals surface area contributed by atoms with E-state index in [-0.39, 0.29) is 0 Å². The van der Waals surface area contributed by atoms with Crippen LogP contribution in [0.4, 0.5) is 0 Å². The molecule has 1 aromatic heterocycles. The Bertz CT molecular complexity index is 1180. The molecule has 1 aliphatic rings. The fraction of sp³-hybridized carbons (Fsp3) is 0. The second-order valence-electron chi connectivity index (χ2n) is 6.17. The van der Waals surface area contributed by atoms with E-state index in [1.807, 2.05) is 12.2 Å². The summed E-state index contributed by atoms with van der Waals surface area (Å²) in [5.74, 6) is 0. The molecule has 4 aromatic rings. The van der Waals surface area contributed by atoms with Crippen molar-refractivity contribution in [1.29, 1.82) is 5.26 Å². The molecule has 0 N–H and O–H groups in total. The van der Waals surface area contributed by atoms with Crippen LogP contribution in [0, 0.1) is 11.3 Å². The van der Waals surface area contributed by atoms with Crippen molar-refractivity contribution in [2.45, 2.75) is 4.90 Å². The summed E-state index contributed by atoms with van der Waals surface area (Å²) in [5, 5.41) is 19.0. The SMILES string of the molecule is N#CC1=CC=C[SH]1c1c2ccccc2c(-c2cccs2)c2ccccc12. The van der Waals surface area contributed by atoms with Gasteiger partial charge in [-0.3, -0.25) is 0 Å². The van der Waals surface area contributed by atoms with Crippen molar-refractivity contribution in [1.82, 2.24) is 0 Å². The number of hydrogen-bond donors (Lipinski definition) is 1. The zero-order valence-electron chi connectivity index (χ0n) is 13.9. The lowest BCUT2D eigenvalue weighted by Gasteiger charge is -2.22. The lowest BCUT2D eigenvalue weighted by Crippen LogP contribution is -1.91. The summed E-state index contributed by atoms with van der Waals surface area (Å²) in [5.41, 5.74) is 1.30. The first kappa shape index (κ1) is 15.5. The molecule has 1 unspecified atom stereocenters. The van der Waals surface area contributed by atoms with Crippen LogP contribution in [-0.4, -0.2) is 0 Å². The zero-order valence-corrected chi connectivity index (χ0v) is 15.6. The number of nitrogens with zero attached hydrogens (tertiary/aromatic N) is 1. The van der Waals surface area contributed by atoms with Gasteiger partial charge in [0, 0.05) is 15.3 Å². The summed E-state index contributed by atoms with van der Waals surface area (Å²) >= 11 is 1.78. The van der Waals surface area contributed by atoms with Crippen LogP contribution in [0.15, 0.2) is 93.4 Å². The Morgan fingerprint density at radius 1 is 0.808 bits per heavy atom. The summed E-state index contributed by atoms with van der Waals surface area (Å²) < 4.78 is 0. The van der Waals surface area contributed by atoms with Gasteiger partial charge in [-0.15, -0.1) is 11.3 Å². The average molecular weight is 370 g/mol. The van der Waals surface area contributed by atoms with Crippen LogP contribution in [0.5, 0.6) is 0 Å². The monoisotopic (exact) mass is 369 g/mol. The second kappa shape index (κ2) is 6.17. The van der Waals surface area contributed by atoms with E-state index < -0.39 is 10.9 Å². The average Bonchev–Trinajstić information content (AvgIpc) is 3.37. The molecule has 1 nitrogen and oxygen atoms in total. The van der Waals surface area contributed by atoms with E-state index in [9.17, 15) is 5.26 Å². The highest BCUT2D eigenvalue weighted by Crippen LogP contribution is 2.55. The number of thiol groups is 1. The molecule has 26 heavy (non-hydrogen) atoms. The number of nitriles is 1. The third-order valence-corrected chi connectivity index (χ3v) is 7.86. The maximum Gasteiger partial charge on any atom is 0.105 e. The predicted molar refractivity (Wildman–Crippen MR) is 115 cm³/mol. The quantitative estimate of drug-likeness (QED) is 0.298. The van der Waals surface area contributed by atoms with Crippen LogP contribution >= 0.6 is 22.2 Å². The lowest BCUT2D eigenvalue weighted by molar-refractivity contribution is 1.52. The van der Waals surface area contributed by atoms with Crippen LogP contribution < -0.4 is 0 Å². The van der Waals surface area contributed by atoms with Crippen LogP contribution in [0.1, 0.15) is 0 Å². The number of allylic oxidation sites excluding steroid dienone is 3. The molecular weight excluding hydrogens is 354 g/mol. The normalized spacial score (nSPS) is 17.5. The largest absolute Gasteiger partial charge is 0.192 e. The number of benzene rings is 3. The molecule has 2 heterocycles. The van der Waals surface area contributed by atoms with Gasteiger partial charge in [-0.25, -0.2) is 0 Å². The highest BCUT2D eigenvalue weighted by atomic mass is 32.2. The molecule has 0 fully saturated rings. The van der Waals surface area contributed by atoms with Crippen molar-refractivity contribution in [2.24, 2.45) is 0 Å². The van der Waals surface area contributed by atoms with Crippen molar-refractivity contribution in [3.05, 3.63) is 88.5 Å². The number of rotatable bonds is 2. The van der Waals surface area contributed by atoms with Gasteiger partial charge in [-0.05, 0) is 44.5 Å². The summed E-state index contributed by atoms with van der Waals surface area (Å²) in [6, 6.07) is 24.0. The van der Waals surface area contributed by atoms with E-state index in [4.69, 9.17) is 0 Å². The Kier molecular flexibility index (Phi) is 3.67. The third kappa shape index (κ3) is 2.24. The first-order valence-electron chi connectivity index (χ1n) is 8.43. The van der Waals surface area contributed by atoms with E-state index in [0.717, 1.165) is 4.91 Å². The predicted octanol–water partition coefficient (Wildman–Crippen LogP) is 7.02. The topological polar surface area (TPSA) is 23.8 Å². The molecule has 1 aliphatic heterocycles. The second-order valence-corrected chi connectivity index (χ2v) is 9.08. The summed E-state index contributed by atoms with van der Waals surface area (Å²) in [6.45, 7) is 0. The Morgan fingerprint density at radius 3 is 2.04 bits per heavy atom. The lowest BCUT2D eigenvalue weighted by atomic mass is 9.95. The Hall–Kier alpha value is -2.80. The summed E-state index contributed by atoms with van der Waals surface area (Å²) in [6.07, 6.45) is 3.99. The molecule has 0 bridgehead atoms. The highest BCUT2D eigenvalue weighted by molar-refractivity contribution is 8.23. The van der Waals surface area contributed by atoms with Gasteiger partial charge >= 0.3 is 0 Å². The third-order valence-electron chi connectivity index (χ3n) is 4.77. The number of hydrogen-bond acceptors (Lipinski definition) is 2. The molecule has 5 rings (SSSR count). The van der Waals surface area contributed by atoms with E-state index in [0.29, 0.717) is 0 Å². The van der Waals surface area contributed by atoms with Gasteiger partial charge in [0.05, 0.1) is 4.91 Å². The standard InChI is InChI=1S/C23H15NS2/c24-15-16-7-6-14-26(16)23-19-10-3-1-8-17(19)22(21-12-5-13-25-21)18-9-2-4-11-20(18)23/h1-14,26H. The van der Waals surface area contributed by atoms with Crippen LogP contribution in [-0.2, 0) is 0 Å². The minimum Gasteiger partial charge on any atom is -0.192 e. The molecular formula is C23H15NS2. The maximum absolute atomic E-state index is 9.61. The van der Waals surface area contributed by atoms with E-state index >= 15 is 0 Å². The van der Waals surface area contributed by atoms with Crippen LogP contribution in [0.25, 0.3) is 32.0 Å². The van der Waals surface area contributed by atoms with E-state index in [2.05, 4.69) is 77.5 Å². The molecule has 0 amide bonds. The van der Waals surface area contributed by atoms with Gasteiger partial charge in [0.1, 0.15) is 6.07 Å². The number of fused-ring (bicyclic) bond motifs is 2. The van der Waals surface area contributed by atoms with Gasteiger partial charge in [0.25, 0.3) is 0 Å². The van der Waals surface area contributed by atoms with Gasteiger partial charge in [-0.2, -0.15) is 16.2 Å². The molecule has 3 aromatic carbocycles. The first-order chi connectivity index (χ1) is 12.9. The molecule has 0 spiro atoms. The zero-order chi connectivity index (χ0) is 17.5.